The maximum absolute atomic E-state index is 13.1. The van der Waals surface area contributed by atoms with E-state index >= 15 is 0 Å². The maximum atomic E-state index is 13.1. The molecule has 1 heterocycles. The van der Waals surface area contributed by atoms with Gasteiger partial charge in [0.05, 0.1) is 6.04 Å². The Bertz CT molecular complexity index is 1000. The number of aromatic nitrogens is 1. The SMILES string of the molecule is CCC[C@H](NC(=O)C(CS(=O)Cc1ccccc1)N(C)C)C(O)c1nc2ccccc2o1. The van der Waals surface area contributed by atoms with Crippen molar-refractivity contribution in [3.63, 3.8) is 0 Å². The Morgan fingerprint density at radius 2 is 1.84 bits per heavy atom. The number of nitrogens with one attached hydrogen (secondary N) is 1. The van der Waals surface area contributed by atoms with E-state index in [1.54, 1.807) is 25.1 Å². The molecule has 0 fully saturated rings. The first-order valence-corrected chi connectivity index (χ1v) is 12.3. The van der Waals surface area contributed by atoms with Gasteiger partial charge in [-0.25, -0.2) is 4.98 Å². The second-order valence-electron chi connectivity index (χ2n) is 8.08. The summed E-state index contributed by atoms with van der Waals surface area (Å²) in [6.45, 7) is 1.98. The van der Waals surface area contributed by atoms with Gasteiger partial charge in [0.15, 0.2) is 11.7 Å². The Morgan fingerprint density at radius 3 is 2.50 bits per heavy atom. The molecule has 1 amide bonds. The predicted molar refractivity (Wildman–Crippen MR) is 126 cm³/mol. The van der Waals surface area contributed by atoms with Crippen LogP contribution < -0.4 is 5.32 Å². The average molecular weight is 458 g/mol. The van der Waals surface area contributed by atoms with Crippen LogP contribution in [0.5, 0.6) is 0 Å². The summed E-state index contributed by atoms with van der Waals surface area (Å²) in [5.41, 5.74) is 2.22. The van der Waals surface area contributed by atoms with Crippen molar-refractivity contribution in [3.05, 3.63) is 66.1 Å². The van der Waals surface area contributed by atoms with E-state index in [-0.39, 0.29) is 17.6 Å². The van der Waals surface area contributed by atoms with Crippen molar-refractivity contribution in [1.29, 1.82) is 0 Å². The Labute approximate surface area is 191 Å². The normalized spacial score (nSPS) is 15.4. The quantitative estimate of drug-likeness (QED) is 0.460. The van der Waals surface area contributed by atoms with E-state index < -0.39 is 29.0 Å². The zero-order valence-corrected chi connectivity index (χ0v) is 19.5. The van der Waals surface area contributed by atoms with Gasteiger partial charge in [0, 0.05) is 22.3 Å². The number of likely N-dealkylation sites (N-methyl/N-ethyl adjacent to an activating group) is 1. The topological polar surface area (TPSA) is 95.7 Å². The number of aliphatic hydroxyl groups is 1. The summed E-state index contributed by atoms with van der Waals surface area (Å²) in [6, 6.07) is 15.7. The maximum Gasteiger partial charge on any atom is 0.238 e. The lowest BCUT2D eigenvalue weighted by atomic mass is 10.0. The summed E-state index contributed by atoms with van der Waals surface area (Å²) >= 11 is 0. The lowest BCUT2D eigenvalue weighted by molar-refractivity contribution is -0.126. The molecule has 2 aromatic carbocycles. The molecule has 0 spiro atoms. The number of carbonyl (C=O) groups excluding carboxylic acids is 1. The van der Waals surface area contributed by atoms with Crippen LogP contribution in [0.3, 0.4) is 0 Å². The van der Waals surface area contributed by atoms with Crippen molar-refractivity contribution in [3.8, 4) is 0 Å². The molecular formula is C24H31N3O4S. The molecule has 1 aromatic heterocycles. The molecule has 3 unspecified atom stereocenters. The molecule has 0 aliphatic heterocycles. The fourth-order valence-corrected chi connectivity index (χ4v) is 5.03. The molecule has 7 nitrogen and oxygen atoms in total. The van der Waals surface area contributed by atoms with Gasteiger partial charge in [0.2, 0.25) is 11.8 Å². The van der Waals surface area contributed by atoms with Crippen LogP contribution >= 0.6 is 0 Å². The highest BCUT2D eigenvalue weighted by Crippen LogP contribution is 2.24. The number of hydrogen-bond donors (Lipinski definition) is 2. The summed E-state index contributed by atoms with van der Waals surface area (Å²) in [6.07, 6.45) is 0.233. The van der Waals surface area contributed by atoms with E-state index in [2.05, 4.69) is 10.3 Å². The zero-order valence-electron chi connectivity index (χ0n) is 18.7. The number of carbonyl (C=O) groups is 1. The Morgan fingerprint density at radius 1 is 1.16 bits per heavy atom. The molecule has 0 aliphatic carbocycles. The van der Waals surface area contributed by atoms with Crippen LogP contribution in [0.25, 0.3) is 11.1 Å². The molecule has 0 saturated heterocycles. The van der Waals surface area contributed by atoms with Gasteiger partial charge in [0.25, 0.3) is 0 Å². The number of nitrogens with zero attached hydrogens (tertiary/aromatic N) is 2. The number of aliphatic hydroxyl groups excluding tert-OH is 1. The van der Waals surface area contributed by atoms with Crippen LogP contribution in [0.1, 0.15) is 37.3 Å². The van der Waals surface area contributed by atoms with Crippen LogP contribution in [0.15, 0.2) is 59.0 Å². The van der Waals surface area contributed by atoms with Crippen LogP contribution in [0, 0.1) is 0 Å². The molecule has 32 heavy (non-hydrogen) atoms. The van der Waals surface area contributed by atoms with Crippen LogP contribution in [0.2, 0.25) is 0 Å². The molecule has 3 rings (SSSR count). The molecular weight excluding hydrogens is 426 g/mol. The van der Waals surface area contributed by atoms with Crippen molar-refractivity contribution in [2.45, 2.75) is 43.7 Å². The fourth-order valence-electron chi connectivity index (χ4n) is 3.54. The number of hydrogen-bond acceptors (Lipinski definition) is 6. The van der Waals surface area contributed by atoms with Crippen molar-refractivity contribution >= 4 is 27.8 Å². The van der Waals surface area contributed by atoms with Gasteiger partial charge < -0.3 is 14.8 Å². The smallest absolute Gasteiger partial charge is 0.238 e. The third-order valence-corrected chi connectivity index (χ3v) is 6.65. The standard InChI is InChI=1S/C24H31N3O4S/c1-4-10-19(22(28)24-26-18-13-8-9-14-21(18)31-24)25-23(29)20(27(2)3)16-32(30)15-17-11-6-5-7-12-17/h5-9,11-14,19-20,22,28H,4,10,15-16H2,1-3H3,(H,25,29)/t19-,20?,22?,32?/m0/s1. The third-order valence-electron chi connectivity index (χ3n) is 5.31. The number of amides is 1. The second kappa shape index (κ2) is 11.4. The zero-order chi connectivity index (χ0) is 23.1. The van der Waals surface area contributed by atoms with Crippen molar-refractivity contribution in [2.75, 3.05) is 19.8 Å². The van der Waals surface area contributed by atoms with Gasteiger partial charge in [-0.3, -0.25) is 13.9 Å². The second-order valence-corrected chi connectivity index (χ2v) is 9.59. The molecule has 172 valence electrons. The van der Waals surface area contributed by atoms with E-state index in [1.165, 1.54) is 0 Å². The van der Waals surface area contributed by atoms with Gasteiger partial charge in [-0.05, 0) is 38.2 Å². The first-order valence-electron chi connectivity index (χ1n) is 10.8. The van der Waals surface area contributed by atoms with Crippen LogP contribution in [0.4, 0.5) is 0 Å². The van der Waals surface area contributed by atoms with Gasteiger partial charge in [0.1, 0.15) is 11.6 Å². The number of para-hydroxylation sites is 2. The fraction of sp³-hybridized carbons (Fsp3) is 0.417. The van der Waals surface area contributed by atoms with E-state index in [4.69, 9.17) is 4.42 Å². The Balaban J connectivity index is 1.69. The first-order chi connectivity index (χ1) is 15.4. The molecule has 2 N–H and O–H groups in total. The number of fused-ring (bicyclic) bond motifs is 1. The summed E-state index contributed by atoms with van der Waals surface area (Å²) < 4.78 is 18.4. The van der Waals surface area contributed by atoms with Crippen molar-refractivity contribution in [1.82, 2.24) is 15.2 Å². The predicted octanol–water partition coefficient (Wildman–Crippen LogP) is 3.03. The summed E-state index contributed by atoms with van der Waals surface area (Å²) in [5, 5.41) is 13.9. The summed E-state index contributed by atoms with van der Waals surface area (Å²) in [5.74, 6) is 0.498. The van der Waals surface area contributed by atoms with Crippen LogP contribution in [-0.4, -0.2) is 57.0 Å². The highest BCUT2D eigenvalue weighted by molar-refractivity contribution is 7.84. The molecule has 8 heteroatoms. The Kier molecular flexibility index (Phi) is 8.55. The largest absolute Gasteiger partial charge is 0.438 e. The summed E-state index contributed by atoms with van der Waals surface area (Å²) in [4.78, 5) is 19.2. The highest BCUT2D eigenvalue weighted by Gasteiger charge is 2.30. The van der Waals surface area contributed by atoms with E-state index in [0.29, 0.717) is 23.3 Å². The van der Waals surface area contributed by atoms with Gasteiger partial charge in [-0.2, -0.15) is 0 Å². The first kappa shape index (κ1) is 24.1. The van der Waals surface area contributed by atoms with Gasteiger partial charge >= 0.3 is 0 Å². The molecule has 4 atom stereocenters. The van der Waals surface area contributed by atoms with Crippen molar-refractivity contribution < 1.29 is 18.5 Å². The van der Waals surface area contributed by atoms with Crippen molar-refractivity contribution in [2.24, 2.45) is 0 Å². The Hall–Kier alpha value is -2.55. The van der Waals surface area contributed by atoms with Crippen LogP contribution in [-0.2, 0) is 21.3 Å². The van der Waals surface area contributed by atoms with Gasteiger partial charge in [-0.1, -0.05) is 55.8 Å². The van der Waals surface area contributed by atoms with E-state index in [1.807, 2.05) is 55.5 Å². The minimum atomic E-state index is -1.21. The number of rotatable bonds is 11. The monoisotopic (exact) mass is 457 g/mol. The van der Waals surface area contributed by atoms with E-state index in [9.17, 15) is 14.1 Å². The number of benzene rings is 2. The molecule has 0 bridgehead atoms. The lowest BCUT2D eigenvalue weighted by Gasteiger charge is -2.28. The average Bonchev–Trinajstić information content (AvgIpc) is 3.21. The van der Waals surface area contributed by atoms with E-state index in [0.717, 1.165) is 12.0 Å². The molecule has 0 radical (unpaired) electrons. The lowest BCUT2D eigenvalue weighted by Crippen LogP contribution is -2.51. The molecule has 0 aliphatic rings. The highest BCUT2D eigenvalue weighted by atomic mass is 32.2. The minimum absolute atomic E-state index is 0.180. The number of oxazole rings is 1. The minimum Gasteiger partial charge on any atom is -0.438 e. The molecule has 3 aromatic rings. The molecule has 0 saturated carbocycles. The summed E-state index contributed by atoms with van der Waals surface area (Å²) in [7, 11) is 2.36. The third kappa shape index (κ3) is 6.25. The van der Waals surface area contributed by atoms with Gasteiger partial charge in [-0.15, -0.1) is 0 Å².